The van der Waals surface area contributed by atoms with Gasteiger partial charge in [0.15, 0.2) is 6.61 Å². The van der Waals surface area contributed by atoms with E-state index in [4.69, 9.17) is 16.3 Å². The van der Waals surface area contributed by atoms with Gasteiger partial charge in [0, 0.05) is 25.0 Å². The summed E-state index contributed by atoms with van der Waals surface area (Å²) in [7, 11) is 1.58. The molecular formula is C26H27ClN2O3. The molecule has 1 atom stereocenters. The van der Waals surface area contributed by atoms with Crippen molar-refractivity contribution < 1.29 is 14.3 Å². The molecule has 1 N–H and O–H groups in total. The number of benzene rings is 3. The normalized spacial score (nSPS) is 11.5. The third-order valence-corrected chi connectivity index (χ3v) is 5.35. The average molecular weight is 451 g/mol. The number of aryl methyl sites for hydroxylation is 1. The number of halogens is 1. The minimum Gasteiger partial charge on any atom is -0.484 e. The molecule has 0 unspecified atom stereocenters. The van der Waals surface area contributed by atoms with Crippen LogP contribution in [-0.4, -0.2) is 36.4 Å². The van der Waals surface area contributed by atoms with Gasteiger partial charge in [-0.3, -0.25) is 9.59 Å². The molecule has 3 rings (SSSR count). The van der Waals surface area contributed by atoms with Crippen molar-refractivity contribution in [1.29, 1.82) is 0 Å². The largest absolute Gasteiger partial charge is 0.484 e. The summed E-state index contributed by atoms with van der Waals surface area (Å²) in [6.45, 7) is 2.09. The zero-order valence-electron chi connectivity index (χ0n) is 18.3. The van der Waals surface area contributed by atoms with Gasteiger partial charge in [0.2, 0.25) is 5.91 Å². The molecule has 0 heterocycles. The molecule has 0 aliphatic rings. The van der Waals surface area contributed by atoms with E-state index in [1.165, 1.54) is 0 Å². The second-order valence-corrected chi connectivity index (χ2v) is 8.01. The van der Waals surface area contributed by atoms with E-state index >= 15 is 0 Å². The lowest BCUT2D eigenvalue weighted by Crippen LogP contribution is -2.51. The van der Waals surface area contributed by atoms with Crippen LogP contribution in [-0.2, 0) is 22.6 Å². The van der Waals surface area contributed by atoms with Gasteiger partial charge in [0.1, 0.15) is 11.8 Å². The van der Waals surface area contributed by atoms with Crippen LogP contribution in [0, 0.1) is 6.92 Å². The van der Waals surface area contributed by atoms with E-state index in [1.54, 1.807) is 36.2 Å². The number of ether oxygens (including phenoxy) is 1. The minimum atomic E-state index is -0.682. The number of carbonyl (C=O) groups excluding carboxylic acids is 2. The van der Waals surface area contributed by atoms with Gasteiger partial charge in [0.25, 0.3) is 5.91 Å². The number of likely N-dealkylation sites (N-methyl/N-ethyl adjacent to an activating group) is 1. The lowest BCUT2D eigenvalue weighted by atomic mass is 10.0. The summed E-state index contributed by atoms with van der Waals surface area (Å²) in [5.74, 6) is -0.00506. The Labute approximate surface area is 194 Å². The molecule has 0 aromatic heterocycles. The predicted octanol–water partition coefficient (Wildman–Crippen LogP) is 4.41. The van der Waals surface area contributed by atoms with Gasteiger partial charge in [0.05, 0.1) is 0 Å². The Balaban J connectivity index is 1.87. The van der Waals surface area contributed by atoms with Crippen molar-refractivity contribution >= 4 is 23.4 Å². The maximum Gasteiger partial charge on any atom is 0.261 e. The number of rotatable bonds is 9. The summed E-state index contributed by atoms with van der Waals surface area (Å²) >= 11 is 6.02. The Morgan fingerprint density at radius 1 is 0.969 bits per heavy atom. The van der Waals surface area contributed by atoms with E-state index in [0.717, 1.165) is 16.7 Å². The first kappa shape index (κ1) is 23.4. The number of nitrogens with zero attached hydrogens (tertiary/aromatic N) is 1. The Bertz CT molecular complexity index is 1060. The van der Waals surface area contributed by atoms with Crippen LogP contribution in [0.5, 0.6) is 5.75 Å². The quantitative estimate of drug-likeness (QED) is 0.525. The highest BCUT2D eigenvalue weighted by Gasteiger charge is 2.30. The number of nitrogens with one attached hydrogen (secondary N) is 1. The molecule has 2 amide bonds. The highest BCUT2D eigenvalue weighted by Crippen LogP contribution is 2.19. The molecule has 0 aliphatic heterocycles. The summed E-state index contributed by atoms with van der Waals surface area (Å²) in [5, 5.41) is 3.23. The van der Waals surface area contributed by atoms with Gasteiger partial charge in [-0.05, 0) is 36.2 Å². The lowest BCUT2D eigenvalue weighted by molar-refractivity contribution is -0.142. The molecule has 166 valence electrons. The van der Waals surface area contributed by atoms with Gasteiger partial charge in [-0.1, -0.05) is 77.8 Å². The molecule has 0 spiro atoms. The summed E-state index contributed by atoms with van der Waals surface area (Å²) in [5.41, 5.74) is 3.01. The molecule has 32 heavy (non-hydrogen) atoms. The molecule has 0 fully saturated rings. The van der Waals surface area contributed by atoms with Crippen LogP contribution < -0.4 is 10.1 Å². The number of carbonyl (C=O) groups is 2. The highest BCUT2D eigenvalue weighted by atomic mass is 35.5. The zero-order valence-corrected chi connectivity index (χ0v) is 19.0. The summed E-state index contributed by atoms with van der Waals surface area (Å²) in [6, 6.07) is 23.8. The minimum absolute atomic E-state index is 0.200. The average Bonchev–Trinajstić information content (AvgIpc) is 2.80. The summed E-state index contributed by atoms with van der Waals surface area (Å²) < 4.78 is 5.70. The smallest absolute Gasteiger partial charge is 0.261 e. The maximum absolute atomic E-state index is 13.3. The van der Waals surface area contributed by atoms with Crippen LogP contribution in [0.25, 0.3) is 0 Å². The Morgan fingerprint density at radius 3 is 2.38 bits per heavy atom. The van der Waals surface area contributed by atoms with Gasteiger partial charge >= 0.3 is 0 Å². The first-order chi connectivity index (χ1) is 15.5. The molecule has 3 aromatic carbocycles. The van der Waals surface area contributed by atoms with Gasteiger partial charge in [-0.2, -0.15) is 0 Å². The number of hydrogen-bond acceptors (Lipinski definition) is 3. The monoisotopic (exact) mass is 450 g/mol. The third-order valence-electron chi connectivity index (χ3n) is 5.11. The fourth-order valence-electron chi connectivity index (χ4n) is 3.51. The first-order valence-corrected chi connectivity index (χ1v) is 10.8. The maximum atomic E-state index is 13.3. The zero-order chi connectivity index (χ0) is 22.9. The number of hydrogen-bond donors (Lipinski definition) is 1. The standard InChI is InChI=1S/C26H27ClN2O3/c1-19-8-6-11-21(14-19)17-29(25(30)18-32-23-13-7-12-22(27)16-23)24(26(31)28-2)15-20-9-4-3-5-10-20/h3-14,16,24H,15,17-18H2,1-2H3,(H,28,31)/t24-/m0/s1. The van der Waals surface area contributed by atoms with Crippen LogP contribution in [0.2, 0.25) is 5.02 Å². The van der Waals surface area contributed by atoms with Crippen molar-refractivity contribution in [2.75, 3.05) is 13.7 Å². The van der Waals surface area contributed by atoms with Crippen molar-refractivity contribution in [1.82, 2.24) is 10.2 Å². The van der Waals surface area contributed by atoms with Crippen molar-refractivity contribution in [2.45, 2.75) is 25.9 Å². The van der Waals surface area contributed by atoms with E-state index in [2.05, 4.69) is 5.32 Å². The highest BCUT2D eigenvalue weighted by molar-refractivity contribution is 6.30. The molecule has 0 aliphatic carbocycles. The molecule has 0 radical (unpaired) electrons. The van der Waals surface area contributed by atoms with Crippen LogP contribution >= 0.6 is 11.6 Å². The Hall–Kier alpha value is -3.31. The molecule has 0 bridgehead atoms. The fraction of sp³-hybridized carbons (Fsp3) is 0.231. The lowest BCUT2D eigenvalue weighted by Gasteiger charge is -2.31. The summed E-state index contributed by atoms with van der Waals surface area (Å²) in [4.78, 5) is 27.8. The van der Waals surface area contributed by atoms with E-state index in [-0.39, 0.29) is 18.4 Å². The molecule has 5 nitrogen and oxygen atoms in total. The molecule has 3 aromatic rings. The van der Waals surface area contributed by atoms with Crippen molar-refractivity contribution in [3.8, 4) is 5.75 Å². The van der Waals surface area contributed by atoms with E-state index in [1.807, 2.05) is 61.5 Å². The predicted molar refractivity (Wildman–Crippen MR) is 127 cm³/mol. The fourth-order valence-corrected chi connectivity index (χ4v) is 3.69. The van der Waals surface area contributed by atoms with Gasteiger partial charge < -0.3 is 15.0 Å². The third kappa shape index (κ3) is 6.59. The second kappa shape index (κ2) is 11.3. The number of amides is 2. The van der Waals surface area contributed by atoms with Crippen molar-refractivity contribution in [2.24, 2.45) is 0 Å². The van der Waals surface area contributed by atoms with Crippen LogP contribution in [0.1, 0.15) is 16.7 Å². The van der Waals surface area contributed by atoms with Gasteiger partial charge in [-0.25, -0.2) is 0 Å². The molecule has 6 heteroatoms. The topological polar surface area (TPSA) is 58.6 Å². The van der Waals surface area contributed by atoms with Crippen molar-refractivity contribution in [3.63, 3.8) is 0 Å². The van der Waals surface area contributed by atoms with Crippen LogP contribution in [0.4, 0.5) is 0 Å². The van der Waals surface area contributed by atoms with Crippen molar-refractivity contribution in [3.05, 3.63) is 101 Å². The first-order valence-electron chi connectivity index (χ1n) is 10.4. The van der Waals surface area contributed by atoms with Gasteiger partial charge in [-0.15, -0.1) is 0 Å². The summed E-state index contributed by atoms with van der Waals surface area (Å²) in [6.07, 6.45) is 0.398. The molecular weight excluding hydrogens is 424 g/mol. The SMILES string of the molecule is CNC(=O)[C@H](Cc1ccccc1)N(Cc1cccc(C)c1)C(=O)COc1cccc(Cl)c1. The Kier molecular flexibility index (Phi) is 8.28. The van der Waals surface area contributed by atoms with E-state index in [0.29, 0.717) is 23.7 Å². The second-order valence-electron chi connectivity index (χ2n) is 7.58. The Morgan fingerprint density at radius 2 is 1.69 bits per heavy atom. The molecule has 0 saturated carbocycles. The van der Waals surface area contributed by atoms with Crippen LogP contribution in [0.15, 0.2) is 78.9 Å². The van der Waals surface area contributed by atoms with Crippen LogP contribution in [0.3, 0.4) is 0 Å². The van der Waals surface area contributed by atoms with E-state index in [9.17, 15) is 9.59 Å². The molecule has 0 saturated heterocycles. The van der Waals surface area contributed by atoms with E-state index < -0.39 is 6.04 Å².